The van der Waals surface area contributed by atoms with Crippen molar-refractivity contribution in [1.82, 2.24) is 35.4 Å². The van der Waals surface area contributed by atoms with Crippen molar-refractivity contribution < 1.29 is 29.4 Å². The van der Waals surface area contributed by atoms with Crippen LogP contribution in [-0.4, -0.2) is 114 Å². The van der Waals surface area contributed by atoms with Crippen LogP contribution in [0.5, 0.6) is 5.75 Å². The Bertz CT molecular complexity index is 1770. The molecular formula is C30H34N8O7S. The van der Waals surface area contributed by atoms with Gasteiger partial charge in [-0.15, -0.1) is 11.8 Å². The molecule has 0 radical (unpaired) electrons. The Morgan fingerprint density at radius 3 is 2.48 bits per heavy atom. The molecule has 3 aromatic rings. The molecule has 2 aromatic heterocycles. The van der Waals surface area contributed by atoms with Crippen LogP contribution in [0.2, 0.25) is 0 Å². The quantitative estimate of drug-likeness (QED) is 0.209. The van der Waals surface area contributed by atoms with E-state index in [4.69, 9.17) is 0 Å². The summed E-state index contributed by atoms with van der Waals surface area (Å²) in [6.45, 7) is 9.74. The van der Waals surface area contributed by atoms with E-state index in [1.165, 1.54) is 53.3 Å². The lowest BCUT2D eigenvalue weighted by Crippen LogP contribution is -2.71. The molecule has 3 aliphatic heterocycles. The third-order valence-corrected chi connectivity index (χ3v) is 10.3. The largest absolute Gasteiger partial charge is 0.508 e. The van der Waals surface area contributed by atoms with E-state index in [2.05, 4.69) is 37.4 Å². The molecule has 16 heteroatoms. The van der Waals surface area contributed by atoms with Gasteiger partial charge in [0.05, 0.1) is 5.39 Å². The Hall–Kier alpha value is -4.70. The van der Waals surface area contributed by atoms with Crippen molar-refractivity contribution >= 4 is 52.4 Å². The van der Waals surface area contributed by atoms with Crippen LogP contribution >= 0.6 is 11.8 Å². The second-order valence-corrected chi connectivity index (χ2v) is 13.7. The van der Waals surface area contributed by atoms with Gasteiger partial charge in [0.15, 0.2) is 0 Å². The van der Waals surface area contributed by atoms with Gasteiger partial charge in [0.1, 0.15) is 40.5 Å². The van der Waals surface area contributed by atoms with Crippen LogP contribution in [0.1, 0.15) is 42.7 Å². The van der Waals surface area contributed by atoms with Crippen molar-refractivity contribution in [3.63, 3.8) is 0 Å². The van der Waals surface area contributed by atoms with E-state index >= 15 is 0 Å². The summed E-state index contributed by atoms with van der Waals surface area (Å²) in [4.78, 5) is 82.8. The zero-order valence-corrected chi connectivity index (χ0v) is 26.2. The number of carboxylic acids is 1. The molecule has 0 bridgehead atoms. The fourth-order valence-corrected chi connectivity index (χ4v) is 7.77. The first-order chi connectivity index (χ1) is 21.9. The number of piperazine rings is 1. The number of nitrogens with zero attached hydrogens (tertiary/aromatic N) is 5. The average Bonchev–Trinajstić information content (AvgIpc) is 3.30. The van der Waals surface area contributed by atoms with Gasteiger partial charge < -0.3 is 40.5 Å². The highest BCUT2D eigenvalue weighted by Crippen LogP contribution is 2.50. The van der Waals surface area contributed by atoms with Gasteiger partial charge in [0.2, 0.25) is 23.2 Å². The van der Waals surface area contributed by atoms with Gasteiger partial charge in [-0.2, -0.15) is 4.98 Å². The minimum atomic E-state index is -1.36. The number of carbonyl (C=O) groups excluding carboxylic acids is 3. The number of aromatic amines is 1. The van der Waals surface area contributed by atoms with Crippen molar-refractivity contribution in [2.24, 2.45) is 0 Å². The van der Waals surface area contributed by atoms with Crippen molar-refractivity contribution in [2.75, 3.05) is 37.6 Å². The number of phenolic OH excluding ortho intramolecular Hbond substituents is 1. The number of H-pyrrole nitrogens is 1. The first kappa shape index (κ1) is 31.3. The summed E-state index contributed by atoms with van der Waals surface area (Å²) in [6, 6.07) is 2.11. The molecule has 5 N–H and O–H groups in total. The van der Waals surface area contributed by atoms with E-state index in [0.717, 1.165) is 32.7 Å². The maximum atomic E-state index is 13.6. The van der Waals surface area contributed by atoms with E-state index in [0.29, 0.717) is 5.95 Å². The van der Waals surface area contributed by atoms with Crippen molar-refractivity contribution in [3.05, 3.63) is 58.0 Å². The van der Waals surface area contributed by atoms with Crippen LogP contribution in [0.15, 0.2) is 41.5 Å². The SMILES string of the molecule is CCN1CCN(c2ncc3c(=O)c(C(=O)NC(C(=O)N[C@@H]4C(=O)N5[C@@H]4SC(C)(C)[C@@H]5C(=O)O)c4ccc(O)cc4)c[nH]c3n2)CC1. The molecule has 3 aliphatic rings. The van der Waals surface area contributed by atoms with Crippen LogP contribution in [0, 0.1) is 0 Å². The van der Waals surface area contributed by atoms with E-state index in [-0.39, 0.29) is 27.9 Å². The molecule has 1 unspecified atom stereocenters. The summed E-state index contributed by atoms with van der Waals surface area (Å²) in [5.74, 6) is -2.88. The lowest BCUT2D eigenvalue weighted by Gasteiger charge is -2.44. The number of fused-ring (bicyclic) bond motifs is 2. The highest BCUT2D eigenvalue weighted by atomic mass is 32.2. The number of hydrogen-bond acceptors (Lipinski definition) is 11. The predicted octanol–water partition coefficient (Wildman–Crippen LogP) is 0.268. The Labute approximate surface area is 267 Å². The fourth-order valence-electron chi connectivity index (χ4n) is 6.14. The number of benzene rings is 1. The number of aliphatic carboxylic acids is 1. The molecule has 0 spiro atoms. The summed E-state index contributed by atoms with van der Waals surface area (Å²) in [7, 11) is 0. The number of amides is 3. The smallest absolute Gasteiger partial charge is 0.327 e. The first-order valence-corrected chi connectivity index (χ1v) is 15.8. The zero-order chi connectivity index (χ0) is 32.9. The number of rotatable bonds is 8. The molecule has 4 atom stereocenters. The van der Waals surface area contributed by atoms with Gasteiger partial charge in [-0.25, -0.2) is 9.78 Å². The number of likely N-dealkylation sites (N-methyl/N-ethyl adjacent to an activating group) is 1. The number of phenols is 1. The first-order valence-electron chi connectivity index (χ1n) is 14.9. The number of thioether (sulfide) groups is 1. The van der Waals surface area contributed by atoms with E-state index < -0.39 is 57.4 Å². The maximum absolute atomic E-state index is 13.6. The highest BCUT2D eigenvalue weighted by molar-refractivity contribution is 8.01. The summed E-state index contributed by atoms with van der Waals surface area (Å²) in [5, 5.41) is 24.2. The fraction of sp³-hybridized carbons (Fsp3) is 0.433. The predicted molar refractivity (Wildman–Crippen MR) is 168 cm³/mol. The van der Waals surface area contributed by atoms with E-state index in [9.17, 15) is 34.2 Å². The van der Waals surface area contributed by atoms with Gasteiger partial charge in [-0.1, -0.05) is 19.1 Å². The van der Waals surface area contributed by atoms with E-state index in [1.807, 2.05) is 4.90 Å². The summed E-state index contributed by atoms with van der Waals surface area (Å²) < 4.78 is -0.790. The van der Waals surface area contributed by atoms with Crippen molar-refractivity contribution in [3.8, 4) is 5.75 Å². The molecule has 0 aliphatic carbocycles. The van der Waals surface area contributed by atoms with Gasteiger partial charge in [0, 0.05) is 43.3 Å². The average molecular weight is 651 g/mol. The number of nitrogens with one attached hydrogen (secondary N) is 3. The number of aromatic hydroxyl groups is 1. The monoisotopic (exact) mass is 650 g/mol. The summed E-state index contributed by atoms with van der Waals surface area (Å²) in [5.41, 5.74) is -0.363. The number of anilines is 1. The number of aromatic nitrogens is 3. The summed E-state index contributed by atoms with van der Waals surface area (Å²) in [6.07, 6.45) is 2.61. The number of hydrogen-bond donors (Lipinski definition) is 5. The molecule has 242 valence electrons. The minimum Gasteiger partial charge on any atom is -0.508 e. The number of carboxylic acid groups (broad SMARTS) is 1. The van der Waals surface area contributed by atoms with Gasteiger partial charge in [-0.3, -0.25) is 19.2 Å². The standard InChI is InChI=1S/C30H34N8O7S/c1-4-36-9-11-37(12-10-36)29-32-13-17-21(40)18(14-31-23(17)35-29)24(41)33-19(15-5-7-16(39)8-6-15)25(42)34-20-26(43)38-22(28(44)45)30(2,3)46-27(20)38/h5-8,13-14,19-20,22,27,39H,4,9-12H2,1-3H3,(H,33,41)(H,34,42)(H,44,45)(H,31,32,35,40)/t19?,20-,22+,27-/m1/s1. The Balaban J connectivity index is 1.22. The van der Waals surface area contributed by atoms with E-state index in [1.54, 1.807) is 13.8 Å². The zero-order valence-electron chi connectivity index (χ0n) is 25.4. The molecule has 3 fully saturated rings. The molecule has 1 aromatic carbocycles. The molecule has 5 heterocycles. The van der Waals surface area contributed by atoms with Crippen LogP contribution in [0.3, 0.4) is 0 Å². The molecule has 0 saturated carbocycles. The Morgan fingerprint density at radius 2 is 1.83 bits per heavy atom. The number of carbonyl (C=O) groups is 4. The van der Waals surface area contributed by atoms with Crippen molar-refractivity contribution in [2.45, 2.75) is 49.0 Å². The minimum absolute atomic E-state index is 0.0686. The molecular weight excluding hydrogens is 616 g/mol. The molecule has 3 amide bonds. The third kappa shape index (κ3) is 5.51. The Kier molecular flexibility index (Phi) is 8.10. The van der Waals surface area contributed by atoms with Crippen LogP contribution in [0.4, 0.5) is 5.95 Å². The lowest BCUT2D eigenvalue weighted by atomic mass is 9.95. The van der Waals surface area contributed by atoms with Crippen LogP contribution in [0.25, 0.3) is 11.0 Å². The Morgan fingerprint density at radius 1 is 1.13 bits per heavy atom. The lowest BCUT2D eigenvalue weighted by molar-refractivity contribution is -0.161. The molecule has 3 saturated heterocycles. The van der Waals surface area contributed by atoms with Gasteiger partial charge in [0.25, 0.3) is 5.91 Å². The third-order valence-electron chi connectivity index (χ3n) is 8.70. The molecule has 15 nitrogen and oxygen atoms in total. The number of pyridine rings is 1. The van der Waals surface area contributed by atoms with Crippen LogP contribution < -0.4 is 21.0 Å². The highest BCUT2D eigenvalue weighted by Gasteiger charge is 2.64. The van der Waals surface area contributed by atoms with Crippen molar-refractivity contribution in [1.29, 1.82) is 0 Å². The topological polar surface area (TPSA) is 201 Å². The molecule has 46 heavy (non-hydrogen) atoms. The van der Waals surface area contributed by atoms with Gasteiger partial charge >= 0.3 is 5.97 Å². The van der Waals surface area contributed by atoms with Gasteiger partial charge in [-0.05, 0) is 38.1 Å². The van der Waals surface area contributed by atoms with Crippen LogP contribution in [-0.2, 0) is 14.4 Å². The summed E-state index contributed by atoms with van der Waals surface area (Å²) >= 11 is 1.27. The second kappa shape index (κ2) is 11.9. The normalized spacial score (nSPS) is 23.0. The number of β-lactam (4-membered cyclic amide) rings is 1. The maximum Gasteiger partial charge on any atom is 0.327 e. The second-order valence-electron chi connectivity index (χ2n) is 12.0. The molecule has 6 rings (SSSR count).